The van der Waals surface area contributed by atoms with Gasteiger partial charge < -0.3 is 10.4 Å². The van der Waals surface area contributed by atoms with Crippen molar-refractivity contribution in [3.05, 3.63) is 34.3 Å². The van der Waals surface area contributed by atoms with Crippen LogP contribution in [-0.2, 0) is 0 Å². The highest BCUT2D eigenvalue weighted by atomic mass is 79.9. The molecule has 0 atom stereocenters. The molecule has 0 amide bonds. The molecule has 1 aromatic rings. The highest BCUT2D eigenvalue weighted by Gasteiger charge is 2.19. The lowest BCUT2D eigenvalue weighted by Gasteiger charge is -2.30. The maximum atomic E-state index is 10.3. The van der Waals surface area contributed by atoms with E-state index >= 15 is 0 Å². The molecular formula is C19H28BrNO2. The van der Waals surface area contributed by atoms with Crippen LogP contribution >= 0.6 is 15.9 Å². The zero-order valence-electron chi connectivity index (χ0n) is 13.8. The highest BCUT2D eigenvalue weighted by Crippen LogP contribution is 2.22. The largest absolute Gasteiger partial charge is 0.478 e. The number of benzene rings is 1. The summed E-state index contributed by atoms with van der Waals surface area (Å²) in [7, 11) is 0. The van der Waals surface area contributed by atoms with Crippen molar-refractivity contribution < 1.29 is 9.90 Å². The smallest absolute Gasteiger partial charge is 0.335 e. The molecule has 3 nitrogen and oxygen atoms in total. The van der Waals surface area contributed by atoms with Crippen molar-refractivity contribution in [1.82, 2.24) is 5.32 Å². The third-order valence-electron chi connectivity index (χ3n) is 4.75. The fraction of sp³-hybridized carbons (Fsp3) is 0.632. The first kappa shape index (κ1) is 18.5. The van der Waals surface area contributed by atoms with Crippen LogP contribution in [0.4, 0.5) is 0 Å². The predicted octanol–water partition coefficient (Wildman–Crippen LogP) is 5.39. The predicted molar refractivity (Wildman–Crippen MR) is 98.0 cm³/mol. The number of rotatable bonds is 3. The molecule has 2 aliphatic carbocycles. The molecule has 23 heavy (non-hydrogen) atoms. The molecule has 3 rings (SSSR count). The minimum absolute atomic E-state index is 0.300. The van der Waals surface area contributed by atoms with Gasteiger partial charge in [0.2, 0.25) is 0 Å². The summed E-state index contributed by atoms with van der Waals surface area (Å²) in [6.07, 6.45) is 14.6. The van der Waals surface area contributed by atoms with Crippen LogP contribution in [0.1, 0.15) is 74.6 Å². The first-order chi connectivity index (χ1) is 11.1. The number of hydrogen-bond acceptors (Lipinski definition) is 2. The second-order valence-corrected chi connectivity index (χ2v) is 7.57. The summed E-state index contributed by atoms with van der Waals surface area (Å²) in [6.45, 7) is 0. The summed E-state index contributed by atoms with van der Waals surface area (Å²) in [5.41, 5.74) is 0.300. The van der Waals surface area contributed by atoms with Gasteiger partial charge in [0.15, 0.2) is 0 Å². The fourth-order valence-electron chi connectivity index (χ4n) is 3.49. The third kappa shape index (κ3) is 7.05. The van der Waals surface area contributed by atoms with Crippen molar-refractivity contribution >= 4 is 21.9 Å². The zero-order valence-corrected chi connectivity index (χ0v) is 15.4. The number of carboxylic acids is 1. The molecule has 2 aliphatic rings. The SMILES string of the molecule is C1CCC(NC2CCCCC2)CC1.O=C(O)c1cccc(Br)c1. The first-order valence-corrected chi connectivity index (χ1v) is 9.69. The number of aromatic carboxylic acids is 1. The minimum Gasteiger partial charge on any atom is -0.478 e. The Kier molecular flexibility index (Phi) is 8.10. The Bertz CT molecular complexity index is 464. The van der Waals surface area contributed by atoms with Gasteiger partial charge in [-0.3, -0.25) is 0 Å². The molecule has 0 spiro atoms. The fourth-order valence-corrected chi connectivity index (χ4v) is 3.89. The van der Waals surface area contributed by atoms with Gasteiger partial charge in [0.1, 0.15) is 0 Å². The Morgan fingerprint density at radius 2 is 1.48 bits per heavy atom. The van der Waals surface area contributed by atoms with E-state index in [1.807, 2.05) is 0 Å². The summed E-state index contributed by atoms with van der Waals surface area (Å²) in [4.78, 5) is 10.3. The molecule has 0 saturated heterocycles. The Morgan fingerprint density at radius 1 is 0.957 bits per heavy atom. The number of halogens is 1. The number of carbonyl (C=O) groups is 1. The van der Waals surface area contributed by atoms with E-state index in [0.717, 1.165) is 16.6 Å². The summed E-state index contributed by atoms with van der Waals surface area (Å²) in [6, 6.07) is 8.32. The Morgan fingerprint density at radius 3 is 1.87 bits per heavy atom. The minimum atomic E-state index is -0.902. The van der Waals surface area contributed by atoms with Crippen LogP contribution in [0.5, 0.6) is 0 Å². The van der Waals surface area contributed by atoms with Crippen LogP contribution in [0.15, 0.2) is 28.7 Å². The van der Waals surface area contributed by atoms with E-state index in [-0.39, 0.29) is 0 Å². The first-order valence-electron chi connectivity index (χ1n) is 8.90. The average Bonchev–Trinajstić information content (AvgIpc) is 2.57. The number of hydrogen-bond donors (Lipinski definition) is 2. The second-order valence-electron chi connectivity index (χ2n) is 6.65. The monoisotopic (exact) mass is 381 g/mol. The summed E-state index contributed by atoms with van der Waals surface area (Å²) < 4.78 is 0.785. The van der Waals surface area contributed by atoms with E-state index < -0.39 is 5.97 Å². The van der Waals surface area contributed by atoms with Crippen molar-refractivity contribution in [1.29, 1.82) is 0 Å². The topological polar surface area (TPSA) is 49.3 Å². The molecule has 0 aliphatic heterocycles. The Hall–Kier alpha value is -0.870. The van der Waals surface area contributed by atoms with Crippen molar-refractivity contribution in [2.45, 2.75) is 76.3 Å². The average molecular weight is 382 g/mol. The molecule has 2 saturated carbocycles. The summed E-state index contributed by atoms with van der Waals surface area (Å²) >= 11 is 3.17. The van der Waals surface area contributed by atoms with Crippen LogP contribution in [0.2, 0.25) is 0 Å². The van der Waals surface area contributed by atoms with E-state index in [9.17, 15) is 4.79 Å². The van der Waals surface area contributed by atoms with Gasteiger partial charge in [-0.05, 0) is 43.9 Å². The number of nitrogens with one attached hydrogen (secondary N) is 1. The molecule has 128 valence electrons. The lowest BCUT2D eigenvalue weighted by atomic mass is 9.91. The molecule has 0 bridgehead atoms. The van der Waals surface area contributed by atoms with Gasteiger partial charge in [0.25, 0.3) is 0 Å². The standard InChI is InChI=1S/C12H23N.C7H5BrO2/c1-3-7-11(8-4-1)13-12-9-5-2-6-10-12;8-6-3-1-2-5(4-6)7(9)10/h11-13H,1-10H2;1-4H,(H,9,10). The third-order valence-corrected chi connectivity index (χ3v) is 5.25. The zero-order chi connectivity index (χ0) is 16.5. The van der Waals surface area contributed by atoms with Crippen LogP contribution in [0.25, 0.3) is 0 Å². The van der Waals surface area contributed by atoms with Gasteiger partial charge in [-0.25, -0.2) is 4.79 Å². The molecular weight excluding hydrogens is 354 g/mol. The van der Waals surface area contributed by atoms with E-state index in [1.54, 1.807) is 24.3 Å². The summed E-state index contributed by atoms with van der Waals surface area (Å²) in [5, 5.41) is 12.3. The van der Waals surface area contributed by atoms with Crippen LogP contribution in [0, 0.1) is 0 Å². The van der Waals surface area contributed by atoms with Gasteiger partial charge in [0.05, 0.1) is 5.56 Å². The maximum absolute atomic E-state index is 10.3. The van der Waals surface area contributed by atoms with E-state index in [1.165, 1.54) is 64.2 Å². The molecule has 4 heteroatoms. The number of carboxylic acid groups (broad SMARTS) is 1. The van der Waals surface area contributed by atoms with E-state index in [2.05, 4.69) is 21.2 Å². The van der Waals surface area contributed by atoms with Gasteiger partial charge in [-0.2, -0.15) is 0 Å². The van der Waals surface area contributed by atoms with Gasteiger partial charge >= 0.3 is 5.97 Å². The molecule has 1 aromatic carbocycles. The van der Waals surface area contributed by atoms with E-state index in [4.69, 9.17) is 5.11 Å². The van der Waals surface area contributed by atoms with Crippen molar-refractivity contribution in [3.63, 3.8) is 0 Å². The molecule has 0 heterocycles. The van der Waals surface area contributed by atoms with Crippen molar-refractivity contribution in [2.24, 2.45) is 0 Å². The lowest BCUT2D eigenvalue weighted by Crippen LogP contribution is -2.40. The van der Waals surface area contributed by atoms with Gasteiger partial charge in [-0.15, -0.1) is 0 Å². The van der Waals surface area contributed by atoms with Crippen LogP contribution in [0.3, 0.4) is 0 Å². The van der Waals surface area contributed by atoms with Crippen molar-refractivity contribution in [3.8, 4) is 0 Å². The van der Waals surface area contributed by atoms with Crippen LogP contribution in [-0.4, -0.2) is 23.2 Å². The maximum Gasteiger partial charge on any atom is 0.335 e. The van der Waals surface area contributed by atoms with E-state index in [0.29, 0.717) is 5.56 Å². The molecule has 2 N–H and O–H groups in total. The lowest BCUT2D eigenvalue weighted by molar-refractivity contribution is 0.0697. The quantitative estimate of drug-likeness (QED) is 0.737. The summed E-state index contributed by atoms with van der Waals surface area (Å²) in [5.74, 6) is -0.902. The molecule has 0 aromatic heterocycles. The highest BCUT2D eigenvalue weighted by molar-refractivity contribution is 9.10. The molecule has 0 unspecified atom stereocenters. The Balaban J connectivity index is 0.000000174. The molecule has 0 radical (unpaired) electrons. The van der Waals surface area contributed by atoms with Gasteiger partial charge in [0, 0.05) is 16.6 Å². The van der Waals surface area contributed by atoms with Crippen LogP contribution < -0.4 is 5.32 Å². The van der Waals surface area contributed by atoms with Crippen molar-refractivity contribution in [2.75, 3.05) is 0 Å². The Labute approximate surface area is 148 Å². The van der Waals surface area contributed by atoms with Gasteiger partial charge in [-0.1, -0.05) is 60.5 Å². The normalized spacial score (nSPS) is 19.7. The molecule has 2 fully saturated rings. The second kappa shape index (κ2) is 10.1.